The number of benzene rings is 1. The summed E-state index contributed by atoms with van der Waals surface area (Å²) >= 11 is 0. The number of unbranched alkanes of at least 4 members (excludes halogenated alkanes) is 1. The third-order valence-electron chi connectivity index (χ3n) is 2.35. The average molecular weight is 220 g/mol. The highest BCUT2D eigenvalue weighted by Crippen LogP contribution is 2.09. The highest BCUT2D eigenvalue weighted by Gasteiger charge is 2.08. The van der Waals surface area contributed by atoms with Crippen LogP contribution >= 0.6 is 0 Å². The van der Waals surface area contributed by atoms with Gasteiger partial charge >= 0.3 is 5.97 Å². The standard InChI is InChI=1S/C14H20O2/c1-4-5-6-12-7-9-13(10-8-12)14(15)16-11(2)3/h7-11H,4-6H2,1-3H3. The van der Waals surface area contributed by atoms with Gasteiger partial charge < -0.3 is 4.74 Å². The summed E-state index contributed by atoms with van der Waals surface area (Å²) in [6.45, 7) is 5.88. The molecule has 0 unspecified atom stereocenters. The Balaban J connectivity index is 2.60. The molecule has 0 aliphatic heterocycles. The van der Waals surface area contributed by atoms with Crippen molar-refractivity contribution in [2.75, 3.05) is 0 Å². The van der Waals surface area contributed by atoms with Gasteiger partial charge in [-0.05, 0) is 44.4 Å². The summed E-state index contributed by atoms with van der Waals surface area (Å²) in [7, 11) is 0. The average Bonchev–Trinajstić information content (AvgIpc) is 2.26. The van der Waals surface area contributed by atoms with Gasteiger partial charge in [-0.1, -0.05) is 25.5 Å². The lowest BCUT2D eigenvalue weighted by molar-refractivity contribution is 0.0378. The molecule has 1 aromatic carbocycles. The Hall–Kier alpha value is -1.31. The van der Waals surface area contributed by atoms with Crippen molar-refractivity contribution in [2.24, 2.45) is 0 Å². The van der Waals surface area contributed by atoms with Crippen LogP contribution in [0.25, 0.3) is 0 Å². The van der Waals surface area contributed by atoms with Gasteiger partial charge in [0.2, 0.25) is 0 Å². The first-order chi connectivity index (χ1) is 7.63. The number of hydrogen-bond donors (Lipinski definition) is 0. The number of carbonyl (C=O) groups excluding carboxylic acids is 1. The summed E-state index contributed by atoms with van der Waals surface area (Å²) in [6.07, 6.45) is 3.40. The fourth-order valence-corrected chi connectivity index (χ4v) is 1.47. The first-order valence-electron chi connectivity index (χ1n) is 5.93. The Kier molecular flexibility index (Phi) is 5.03. The quantitative estimate of drug-likeness (QED) is 0.709. The van der Waals surface area contributed by atoms with Crippen LogP contribution in [0.1, 0.15) is 49.5 Å². The van der Waals surface area contributed by atoms with Crippen molar-refractivity contribution in [3.05, 3.63) is 35.4 Å². The van der Waals surface area contributed by atoms with Crippen LogP contribution in [0.4, 0.5) is 0 Å². The molecule has 0 bridgehead atoms. The molecule has 0 saturated heterocycles. The van der Waals surface area contributed by atoms with Gasteiger partial charge in [0.25, 0.3) is 0 Å². The summed E-state index contributed by atoms with van der Waals surface area (Å²) < 4.78 is 5.12. The first-order valence-corrected chi connectivity index (χ1v) is 5.93. The lowest BCUT2D eigenvalue weighted by Crippen LogP contribution is -2.11. The molecular formula is C14H20O2. The Bertz CT molecular complexity index is 325. The van der Waals surface area contributed by atoms with E-state index in [2.05, 4.69) is 6.92 Å². The number of hydrogen-bond acceptors (Lipinski definition) is 2. The maximum Gasteiger partial charge on any atom is 0.338 e. The van der Waals surface area contributed by atoms with Crippen molar-refractivity contribution < 1.29 is 9.53 Å². The zero-order chi connectivity index (χ0) is 12.0. The van der Waals surface area contributed by atoms with Crippen LogP contribution in [-0.2, 0) is 11.2 Å². The van der Waals surface area contributed by atoms with Crippen molar-refractivity contribution >= 4 is 5.97 Å². The van der Waals surface area contributed by atoms with Gasteiger partial charge in [-0.25, -0.2) is 4.79 Å². The van der Waals surface area contributed by atoms with Crippen LogP contribution in [0.15, 0.2) is 24.3 Å². The third kappa shape index (κ3) is 4.05. The highest BCUT2D eigenvalue weighted by atomic mass is 16.5. The minimum Gasteiger partial charge on any atom is -0.459 e. The number of esters is 1. The van der Waals surface area contributed by atoms with E-state index in [0.717, 1.165) is 6.42 Å². The fraction of sp³-hybridized carbons (Fsp3) is 0.500. The SMILES string of the molecule is CCCCc1ccc(C(=O)OC(C)C)cc1. The molecule has 0 spiro atoms. The van der Waals surface area contributed by atoms with Gasteiger partial charge in [0.05, 0.1) is 11.7 Å². The molecular weight excluding hydrogens is 200 g/mol. The Morgan fingerprint density at radius 1 is 1.25 bits per heavy atom. The maximum absolute atomic E-state index is 11.6. The maximum atomic E-state index is 11.6. The van der Waals surface area contributed by atoms with E-state index < -0.39 is 0 Å². The number of aryl methyl sites for hydroxylation is 1. The van der Waals surface area contributed by atoms with Crippen molar-refractivity contribution in [3.63, 3.8) is 0 Å². The number of carbonyl (C=O) groups is 1. The molecule has 0 aliphatic carbocycles. The zero-order valence-electron chi connectivity index (χ0n) is 10.3. The molecule has 0 N–H and O–H groups in total. The Morgan fingerprint density at radius 2 is 1.88 bits per heavy atom. The molecule has 0 fully saturated rings. The van der Waals surface area contributed by atoms with Crippen LogP contribution in [0.2, 0.25) is 0 Å². The second-order valence-corrected chi connectivity index (χ2v) is 4.25. The van der Waals surface area contributed by atoms with Crippen LogP contribution in [0.3, 0.4) is 0 Å². The van der Waals surface area contributed by atoms with Gasteiger partial charge in [0.15, 0.2) is 0 Å². The van der Waals surface area contributed by atoms with E-state index in [-0.39, 0.29) is 12.1 Å². The van der Waals surface area contributed by atoms with Crippen molar-refractivity contribution in [1.82, 2.24) is 0 Å². The molecule has 0 aromatic heterocycles. The fourth-order valence-electron chi connectivity index (χ4n) is 1.47. The van der Waals surface area contributed by atoms with Crippen molar-refractivity contribution in [2.45, 2.75) is 46.1 Å². The molecule has 2 heteroatoms. The Labute approximate surface area is 97.6 Å². The summed E-state index contributed by atoms with van der Waals surface area (Å²) in [5.74, 6) is -0.239. The lowest BCUT2D eigenvalue weighted by Gasteiger charge is -2.08. The first kappa shape index (κ1) is 12.8. The van der Waals surface area contributed by atoms with Gasteiger partial charge in [0.1, 0.15) is 0 Å². The number of rotatable bonds is 5. The summed E-state index contributed by atoms with van der Waals surface area (Å²) in [5.41, 5.74) is 1.91. The van der Waals surface area contributed by atoms with Crippen molar-refractivity contribution in [3.8, 4) is 0 Å². The van der Waals surface area contributed by atoms with E-state index in [1.54, 1.807) is 0 Å². The molecule has 16 heavy (non-hydrogen) atoms. The minimum atomic E-state index is -0.239. The summed E-state index contributed by atoms with van der Waals surface area (Å²) in [5, 5.41) is 0. The predicted molar refractivity (Wildman–Crippen MR) is 65.6 cm³/mol. The lowest BCUT2D eigenvalue weighted by atomic mass is 10.1. The van der Waals surface area contributed by atoms with Gasteiger partial charge in [-0.15, -0.1) is 0 Å². The van der Waals surface area contributed by atoms with Crippen LogP contribution < -0.4 is 0 Å². The monoisotopic (exact) mass is 220 g/mol. The van der Waals surface area contributed by atoms with Crippen LogP contribution in [0, 0.1) is 0 Å². The Morgan fingerprint density at radius 3 is 2.38 bits per heavy atom. The molecule has 0 heterocycles. The molecule has 2 nitrogen and oxygen atoms in total. The topological polar surface area (TPSA) is 26.3 Å². The van der Waals surface area contributed by atoms with E-state index >= 15 is 0 Å². The smallest absolute Gasteiger partial charge is 0.338 e. The summed E-state index contributed by atoms with van der Waals surface area (Å²) in [4.78, 5) is 11.6. The second-order valence-electron chi connectivity index (χ2n) is 4.25. The third-order valence-corrected chi connectivity index (χ3v) is 2.35. The van der Waals surface area contributed by atoms with E-state index in [1.807, 2.05) is 38.1 Å². The highest BCUT2D eigenvalue weighted by molar-refractivity contribution is 5.89. The number of ether oxygens (including phenoxy) is 1. The van der Waals surface area contributed by atoms with E-state index in [9.17, 15) is 4.79 Å². The minimum absolute atomic E-state index is 0.0627. The predicted octanol–water partition coefficient (Wildman–Crippen LogP) is 3.59. The van der Waals surface area contributed by atoms with Crippen LogP contribution in [0.5, 0.6) is 0 Å². The molecule has 88 valence electrons. The molecule has 0 atom stereocenters. The second kappa shape index (κ2) is 6.31. The molecule has 1 rings (SSSR count). The van der Waals surface area contributed by atoms with Crippen LogP contribution in [-0.4, -0.2) is 12.1 Å². The van der Waals surface area contributed by atoms with E-state index in [4.69, 9.17) is 4.74 Å². The molecule has 0 aliphatic rings. The molecule has 0 saturated carbocycles. The van der Waals surface area contributed by atoms with Gasteiger partial charge in [-0.3, -0.25) is 0 Å². The molecule has 0 radical (unpaired) electrons. The summed E-state index contributed by atoms with van der Waals surface area (Å²) in [6, 6.07) is 7.70. The molecule has 1 aromatic rings. The van der Waals surface area contributed by atoms with Gasteiger partial charge in [-0.2, -0.15) is 0 Å². The molecule has 0 amide bonds. The largest absolute Gasteiger partial charge is 0.459 e. The van der Waals surface area contributed by atoms with Gasteiger partial charge in [0, 0.05) is 0 Å². The van der Waals surface area contributed by atoms with Crippen molar-refractivity contribution in [1.29, 1.82) is 0 Å². The van der Waals surface area contributed by atoms with E-state index in [1.165, 1.54) is 18.4 Å². The zero-order valence-corrected chi connectivity index (χ0v) is 10.3. The normalized spacial score (nSPS) is 10.5. The van der Waals surface area contributed by atoms with E-state index in [0.29, 0.717) is 5.56 Å².